The number of hydrogen-bond acceptors (Lipinski definition) is 2. The number of benzene rings is 1. The number of rotatable bonds is 0. The van der Waals surface area contributed by atoms with Crippen molar-refractivity contribution in [1.29, 1.82) is 0 Å². The van der Waals surface area contributed by atoms with Gasteiger partial charge >= 0.3 is 0 Å². The van der Waals surface area contributed by atoms with Gasteiger partial charge in [-0.1, -0.05) is 15.9 Å². The van der Waals surface area contributed by atoms with E-state index in [0.717, 1.165) is 0 Å². The molecule has 0 amide bonds. The Balaban J connectivity index is 2.55. The number of halogens is 2. The molecule has 0 bridgehead atoms. The largest absolute Gasteiger partial charge is 0.484 e. The molecule has 1 atom stereocenters. The lowest BCUT2D eigenvalue weighted by Crippen LogP contribution is -2.35. The summed E-state index contributed by atoms with van der Waals surface area (Å²) in [5.74, 6) is -0.270. The maximum absolute atomic E-state index is 13.6. The van der Waals surface area contributed by atoms with Crippen molar-refractivity contribution >= 4 is 15.9 Å². The predicted molar refractivity (Wildman–Crippen MR) is 58.4 cm³/mol. The molecule has 15 heavy (non-hydrogen) atoms. The third kappa shape index (κ3) is 2.01. The Bertz CT molecular complexity index is 404. The van der Waals surface area contributed by atoms with Crippen LogP contribution in [0, 0.1) is 5.82 Å². The number of ether oxygens (including phenoxy) is 1. The molecule has 82 valence electrons. The summed E-state index contributed by atoms with van der Waals surface area (Å²) in [5.41, 5.74) is -0.0117. The average Bonchev–Trinajstić information content (AvgIpc) is 2.06. The van der Waals surface area contributed by atoms with Crippen LogP contribution in [0.5, 0.6) is 5.75 Å². The lowest BCUT2D eigenvalue weighted by molar-refractivity contribution is 0.00795. The second-order valence-corrected chi connectivity index (χ2v) is 5.30. The zero-order valence-electron chi connectivity index (χ0n) is 8.55. The highest BCUT2D eigenvalue weighted by molar-refractivity contribution is 9.10. The summed E-state index contributed by atoms with van der Waals surface area (Å²) >= 11 is 3.19. The van der Waals surface area contributed by atoms with Crippen molar-refractivity contribution in [3.8, 4) is 5.75 Å². The van der Waals surface area contributed by atoms with Crippen LogP contribution in [0.15, 0.2) is 16.6 Å². The molecule has 1 aliphatic rings. The van der Waals surface area contributed by atoms with Gasteiger partial charge in [-0.15, -0.1) is 0 Å². The van der Waals surface area contributed by atoms with Gasteiger partial charge in [0.1, 0.15) is 5.60 Å². The molecule has 1 heterocycles. The fraction of sp³-hybridized carbons (Fsp3) is 0.455. The molecule has 1 N–H and O–H groups in total. The van der Waals surface area contributed by atoms with Gasteiger partial charge in [0.05, 0.1) is 6.10 Å². The summed E-state index contributed by atoms with van der Waals surface area (Å²) in [6.07, 6.45) is -0.202. The molecule has 0 saturated carbocycles. The average molecular weight is 275 g/mol. The van der Waals surface area contributed by atoms with Gasteiger partial charge in [0.15, 0.2) is 11.6 Å². The molecule has 0 fully saturated rings. The molecule has 2 rings (SSSR count). The fourth-order valence-corrected chi connectivity index (χ4v) is 2.28. The van der Waals surface area contributed by atoms with Crippen molar-refractivity contribution in [2.75, 3.05) is 0 Å². The number of aliphatic hydroxyl groups excluding tert-OH is 1. The Morgan fingerprint density at radius 2 is 2.20 bits per heavy atom. The van der Waals surface area contributed by atoms with E-state index < -0.39 is 17.5 Å². The van der Waals surface area contributed by atoms with E-state index in [-0.39, 0.29) is 5.75 Å². The normalized spacial score (nSPS) is 23.1. The SMILES string of the molecule is CC1(C)CC(O)c2cc(Br)cc(F)c2O1. The quantitative estimate of drug-likeness (QED) is 0.788. The molecule has 1 aromatic rings. The summed E-state index contributed by atoms with van der Waals surface area (Å²) in [5, 5.41) is 9.88. The van der Waals surface area contributed by atoms with E-state index in [1.54, 1.807) is 6.07 Å². The highest BCUT2D eigenvalue weighted by atomic mass is 79.9. The van der Waals surface area contributed by atoms with Gasteiger partial charge < -0.3 is 9.84 Å². The molecule has 1 aliphatic heterocycles. The number of hydrogen-bond donors (Lipinski definition) is 1. The molecule has 0 saturated heterocycles. The molecule has 1 aromatic carbocycles. The standard InChI is InChI=1S/C11H12BrFO2/c1-11(2)5-9(14)7-3-6(12)4-8(13)10(7)15-11/h3-4,9,14H,5H2,1-2H3. The molecule has 0 aromatic heterocycles. The lowest BCUT2D eigenvalue weighted by atomic mass is 9.92. The molecule has 0 spiro atoms. The first kappa shape index (κ1) is 10.9. The first-order valence-corrected chi connectivity index (χ1v) is 5.54. The third-order valence-corrected chi connectivity index (χ3v) is 2.92. The van der Waals surface area contributed by atoms with Crippen molar-refractivity contribution in [1.82, 2.24) is 0 Å². The van der Waals surface area contributed by atoms with Crippen LogP contribution in [-0.4, -0.2) is 10.7 Å². The van der Waals surface area contributed by atoms with Crippen LogP contribution in [0.4, 0.5) is 4.39 Å². The Hall–Kier alpha value is -0.610. The van der Waals surface area contributed by atoms with Crippen LogP contribution in [0.25, 0.3) is 0 Å². The van der Waals surface area contributed by atoms with Crippen molar-refractivity contribution in [3.05, 3.63) is 28.0 Å². The molecule has 1 unspecified atom stereocenters. The highest BCUT2D eigenvalue weighted by Crippen LogP contribution is 2.42. The zero-order chi connectivity index (χ0) is 11.2. The Labute approximate surface area is 96.2 Å². The van der Waals surface area contributed by atoms with Crippen LogP contribution >= 0.6 is 15.9 Å². The molecular weight excluding hydrogens is 263 g/mol. The fourth-order valence-electron chi connectivity index (χ4n) is 1.83. The third-order valence-electron chi connectivity index (χ3n) is 2.46. The van der Waals surface area contributed by atoms with E-state index >= 15 is 0 Å². The van der Waals surface area contributed by atoms with Crippen molar-refractivity contribution < 1.29 is 14.2 Å². The minimum absolute atomic E-state index is 0.168. The maximum atomic E-state index is 13.6. The van der Waals surface area contributed by atoms with Crippen LogP contribution in [0.2, 0.25) is 0 Å². The van der Waals surface area contributed by atoms with Crippen molar-refractivity contribution in [2.45, 2.75) is 32.0 Å². The molecular formula is C11H12BrFO2. The highest BCUT2D eigenvalue weighted by Gasteiger charge is 2.34. The van der Waals surface area contributed by atoms with E-state index in [4.69, 9.17) is 4.74 Å². The summed E-state index contributed by atoms with van der Waals surface area (Å²) < 4.78 is 19.7. The number of aliphatic hydroxyl groups is 1. The van der Waals surface area contributed by atoms with E-state index in [2.05, 4.69) is 15.9 Å². The van der Waals surface area contributed by atoms with Gasteiger partial charge in [0, 0.05) is 16.5 Å². The first-order chi connectivity index (χ1) is 6.89. The van der Waals surface area contributed by atoms with E-state index in [1.807, 2.05) is 13.8 Å². The van der Waals surface area contributed by atoms with E-state index in [9.17, 15) is 9.50 Å². The van der Waals surface area contributed by atoms with Crippen LogP contribution in [-0.2, 0) is 0 Å². The smallest absolute Gasteiger partial charge is 0.166 e. The minimum Gasteiger partial charge on any atom is -0.484 e. The van der Waals surface area contributed by atoms with Crippen LogP contribution in [0.3, 0.4) is 0 Å². The van der Waals surface area contributed by atoms with E-state index in [1.165, 1.54) is 6.07 Å². The Morgan fingerprint density at radius 3 is 2.87 bits per heavy atom. The molecule has 4 heteroatoms. The second kappa shape index (κ2) is 3.46. The summed E-state index contributed by atoms with van der Waals surface area (Å²) in [6, 6.07) is 3.03. The summed E-state index contributed by atoms with van der Waals surface area (Å²) in [6.45, 7) is 3.67. The monoisotopic (exact) mass is 274 g/mol. The molecule has 0 aliphatic carbocycles. The van der Waals surface area contributed by atoms with Gasteiger partial charge in [-0.3, -0.25) is 0 Å². The predicted octanol–water partition coefficient (Wildman–Crippen LogP) is 3.18. The van der Waals surface area contributed by atoms with Crippen LogP contribution < -0.4 is 4.74 Å². The maximum Gasteiger partial charge on any atom is 0.166 e. The number of fused-ring (bicyclic) bond motifs is 1. The van der Waals surface area contributed by atoms with Crippen molar-refractivity contribution in [2.24, 2.45) is 0 Å². The summed E-state index contributed by atoms with van der Waals surface area (Å²) in [7, 11) is 0. The van der Waals surface area contributed by atoms with Gasteiger partial charge in [-0.2, -0.15) is 0 Å². The summed E-state index contributed by atoms with van der Waals surface area (Å²) in [4.78, 5) is 0. The van der Waals surface area contributed by atoms with Gasteiger partial charge in [0.2, 0.25) is 0 Å². The van der Waals surface area contributed by atoms with E-state index in [0.29, 0.717) is 16.5 Å². The first-order valence-electron chi connectivity index (χ1n) is 4.75. The van der Waals surface area contributed by atoms with Crippen LogP contribution in [0.1, 0.15) is 31.9 Å². The van der Waals surface area contributed by atoms with Crippen molar-refractivity contribution in [3.63, 3.8) is 0 Å². The molecule has 2 nitrogen and oxygen atoms in total. The van der Waals surface area contributed by atoms with Gasteiger partial charge in [-0.25, -0.2) is 4.39 Å². The Morgan fingerprint density at radius 1 is 1.53 bits per heavy atom. The van der Waals surface area contributed by atoms with Gasteiger partial charge in [-0.05, 0) is 26.0 Å². The lowest BCUT2D eigenvalue weighted by Gasteiger charge is -2.35. The minimum atomic E-state index is -0.671. The van der Waals surface area contributed by atoms with Gasteiger partial charge in [0.25, 0.3) is 0 Å². The second-order valence-electron chi connectivity index (χ2n) is 4.39. The topological polar surface area (TPSA) is 29.5 Å². The molecule has 0 radical (unpaired) electrons. The zero-order valence-corrected chi connectivity index (χ0v) is 10.1. The Kier molecular flexibility index (Phi) is 2.51.